The Bertz CT molecular complexity index is 1290. The fourth-order valence-electron chi connectivity index (χ4n) is 6.24. The van der Waals surface area contributed by atoms with E-state index in [0.717, 1.165) is 67.1 Å². The van der Waals surface area contributed by atoms with Gasteiger partial charge in [0, 0.05) is 63.0 Å². The summed E-state index contributed by atoms with van der Waals surface area (Å²) in [5, 5.41) is 19.3. The molecule has 8 nitrogen and oxygen atoms in total. The van der Waals surface area contributed by atoms with Crippen molar-refractivity contribution >= 4 is 16.8 Å². The molecule has 2 fully saturated rings. The van der Waals surface area contributed by atoms with Gasteiger partial charge in [-0.05, 0) is 48.7 Å². The van der Waals surface area contributed by atoms with E-state index in [1.807, 2.05) is 12.1 Å². The third kappa shape index (κ3) is 5.38. The number of aromatic amines is 1. The molecule has 2 aromatic carbocycles. The largest absolute Gasteiger partial charge is 0.507 e. The van der Waals surface area contributed by atoms with E-state index in [4.69, 9.17) is 4.74 Å². The highest BCUT2D eigenvalue weighted by Crippen LogP contribution is 2.33. The number of nitrogens with one attached hydrogen (secondary N) is 1. The fraction of sp³-hybridized carbons (Fsp3) is 0.533. The van der Waals surface area contributed by atoms with Crippen molar-refractivity contribution in [2.45, 2.75) is 51.6 Å². The molecule has 0 radical (unpaired) electrons. The van der Waals surface area contributed by atoms with Crippen LogP contribution < -0.4 is 4.74 Å². The molecule has 2 aliphatic heterocycles. The monoisotopic (exact) mass is 517 g/mol. The van der Waals surface area contributed by atoms with Gasteiger partial charge in [0.15, 0.2) is 0 Å². The lowest BCUT2D eigenvalue weighted by Gasteiger charge is -2.32. The van der Waals surface area contributed by atoms with Crippen LogP contribution in [0.25, 0.3) is 10.9 Å². The lowest BCUT2D eigenvalue weighted by Crippen LogP contribution is -2.45. The number of rotatable bonds is 7. The Labute approximate surface area is 224 Å². The van der Waals surface area contributed by atoms with Crippen molar-refractivity contribution in [3.8, 4) is 11.5 Å². The third-order valence-electron chi connectivity index (χ3n) is 8.66. The first-order valence-electron chi connectivity index (χ1n) is 14.2. The van der Waals surface area contributed by atoms with E-state index in [1.165, 1.54) is 32.1 Å². The van der Waals surface area contributed by atoms with E-state index >= 15 is 0 Å². The molecule has 2 N–H and O–H groups in total. The summed E-state index contributed by atoms with van der Waals surface area (Å²) in [5.74, 6) is 1.35. The Kier molecular flexibility index (Phi) is 7.26. The molecule has 3 heterocycles. The highest BCUT2D eigenvalue weighted by Gasteiger charge is 2.28. The van der Waals surface area contributed by atoms with Gasteiger partial charge in [-0.25, -0.2) is 0 Å². The number of carbonyl (C=O) groups excluding carboxylic acids is 1. The average molecular weight is 518 g/mol. The van der Waals surface area contributed by atoms with Crippen LogP contribution in [0.1, 0.15) is 59.3 Å². The highest BCUT2D eigenvalue weighted by molar-refractivity contribution is 6.01. The van der Waals surface area contributed by atoms with Crippen LogP contribution in [0.5, 0.6) is 11.5 Å². The molecule has 1 saturated carbocycles. The van der Waals surface area contributed by atoms with Gasteiger partial charge in [-0.15, -0.1) is 0 Å². The molecule has 0 atom stereocenters. The molecule has 1 saturated heterocycles. The molecule has 38 heavy (non-hydrogen) atoms. The minimum absolute atomic E-state index is 0.0119. The zero-order valence-corrected chi connectivity index (χ0v) is 22.4. The summed E-state index contributed by atoms with van der Waals surface area (Å²) in [5.41, 5.74) is 4.38. The van der Waals surface area contributed by atoms with Gasteiger partial charge < -0.3 is 19.6 Å². The van der Waals surface area contributed by atoms with Crippen LogP contribution in [0, 0.1) is 5.92 Å². The van der Waals surface area contributed by atoms with Crippen molar-refractivity contribution in [1.29, 1.82) is 0 Å². The van der Waals surface area contributed by atoms with Crippen LogP contribution in [0.2, 0.25) is 0 Å². The lowest BCUT2D eigenvalue weighted by molar-refractivity contribution is 0.0748. The van der Waals surface area contributed by atoms with Crippen molar-refractivity contribution in [2.75, 3.05) is 46.4 Å². The van der Waals surface area contributed by atoms with Crippen molar-refractivity contribution < 1.29 is 14.6 Å². The number of H-pyrrole nitrogens is 1. The molecule has 6 rings (SSSR count). The fourth-order valence-corrected chi connectivity index (χ4v) is 6.24. The molecule has 1 aromatic heterocycles. The summed E-state index contributed by atoms with van der Waals surface area (Å²) >= 11 is 0. The second-order valence-electron chi connectivity index (χ2n) is 11.4. The van der Waals surface area contributed by atoms with Crippen LogP contribution in [-0.4, -0.2) is 82.3 Å². The smallest absolute Gasteiger partial charge is 0.258 e. The van der Waals surface area contributed by atoms with Crippen LogP contribution in [0.3, 0.4) is 0 Å². The maximum absolute atomic E-state index is 13.6. The zero-order chi connectivity index (χ0) is 26.1. The second-order valence-corrected chi connectivity index (χ2v) is 11.4. The van der Waals surface area contributed by atoms with Gasteiger partial charge in [-0.3, -0.25) is 14.8 Å². The molecule has 3 aromatic rings. The number of benzene rings is 2. The summed E-state index contributed by atoms with van der Waals surface area (Å²) in [6, 6.07) is 9.59. The predicted molar refractivity (Wildman–Crippen MR) is 147 cm³/mol. The first kappa shape index (κ1) is 25.2. The number of phenolic OH excluding ortho intramolecular Hbond substituents is 1. The molecule has 0 unspecified atom stereocenters. The van der Waals surface area contributed by atoms with E-state index in [-0.39, 0.29) is 11.7 Å². The molecule has 8 heteroatoms. The first-order valence-corrected chi connectivity index (χ1v) is 14.2. The van der Waals surface area contributed by atoms with E-state index in [2.05, 4.69) is 39.2 Å². The third-order valence-corrected chi connectivity index (χ3v) is 8.66. The maximum atomic E-state index is 13.6. The number of piperazine rings is 1. The molecule has 202 valence electrons. The number of aromatic nitrogens is 2. The number of hydrogen-bond donors (Lipinski definition) is 2. The van der Waals surface area contributed by atoms with Gasteiger partial charge in [0.25, 0.3) is 5.91 Å². The van der Waals surface area contributed by atoms with Crippen molar-refractivity contribution in [3.05, 3.63) is 52.7 Å². The Morgan fingerprint density at radius 2 is 1.84 bits per heavy atom. The number of phenols is 1. The van der Waals surface area contributed by atoms with Gasteiger partial charge in [0.1, 0.15) is 18.1 Å². The lowest BCUT2D eigenvalue weighted by atomic mass is 9.85. The van der Waals surface area contributed by atoms with Crippen molar-refractivity contribution in [1.82, 2.24) is 24.9 Å². The van der Waals surface area contributed by atoms with Crippen LogP contribution in [0.15, 0.2) is 30.3 Å². The molecule has 0 bridgehead atoms. The minimum atomic E-state index is -0.150. The Morgan fingerprint density at radius 1 is 1.05 bits per heavy atom. The summed E-state index contributed by atoms with van der Waals surface area (Å²) < 4.78 is 6.07. The topological polar surface area (TPSA) is 84.9 Å². The number of nitrogens with zero attached hydrogens (tertiary/aromatic N) is 4. The summed E-state index contributed by atoms with van der Waals surface area (Å²) in [7, 11) is 2.17. The molecule has 3 aliphatic rings. The van der Waals surface area contributed by atoms with Crippen LogP contribution in [0.4, 0.5) is 0 Å². The van der Waals surface area contributed by atoms with Crippen LogP contribution in [-0.2, 0) is 19.5 Å². The second kappa shape index (κ2) is 10.9. The van der Waals surface area contributed by atoms with E-state index < -0.39 is 0 Å². The summed E-state index contributed by atoms with van der Waals surface area (Å²) in [4.78, 5) is 20.2. The Morgan fingerprint density at radius 3 is 2.66 bits per heavy atom. The molecule has 1 aliphatic carbocycles. The Hall–Kier alpha value is -3.10. The molecule has 0 spiro atoms. The van der Waals surface area contributed by atoms with Gasteiger partial charge in [0.2, 0.25) is 0 Å². The number of fused-ring (bicyclic) bond motifs is 2. The average Bonchev–Trinajstić information content (AvgIpc) is 3.53. The number of likely N-dealkylation sites (N-methyl/N-ethyl adjacent to an activating group) is 1. The first-order chi connectivity index (χ1) is 18.5. The Balaban J connectivity index is 1.11. The van der Waals surface area contributed by atoms with Gasteiger partial charge in [-0.1, -0.05) is 38.2 Å². The van der Waals surface area contributed by atoms with Gasteiger partial charge >= 0.3 is 0 Å². The van der Waals surface area contributed by atoms with E-state index in [0.29, 0.717) is 36.7 Å². The quantitative estimate of drug-likeness (QED) is 0.489. The highest BCUT2D eigenvalue weighted by atomic mass is 16.5. The van der Waals surface area contributed by atoms with Crippen molar-refractivity contribution in [2.24, 2.45) is 5.92 Å². The number of amides is 1. The molecular weight excluding hydrogens is 478 g/mol. The van der Waals surface area contributed by atoms with Crippen molar-refractivity contribution in [3.63, 3.8) is 0 Å². The maximum Gasteiger partial charge on any atom is 0.258 e. The van der Waals surface area contributed by atoms with E-state index in [1.54, 1.807) is 11.0 Å². The summed E-state index contributed by atoms with van der Waals surface area (Å²) in [6.07, 6.45) is 7.35. The molecule has 1 amide bonds. The zero-order valence-electron chi connectivity index (χ0n) is 22.4. The number of aromatic hydroxyl groups is 1. The normalized spacial score (nSPS) is 19.2. The van der Waals surface area contributed by atoms with Crippen LogP contribution >= 0.6 is 0 Å². The number of carbonyl (C=O) groups is 1. The summed E-state index contributed by atoms with van der Waals surface area (Å²) in [6.45, 7) is 7.01. The van der Waals surface area contributed by atoms with Gasteiger partial charge in [0.05, 0.1) is 11.1 Å². The standard InChI is InChI=1S/C30H39N5O3/c1-33-9-11-34(12-10-33)13-14-38-24-8-7-22-19-35(20-23(22)16-24)30(37)26-17-25-27(15-21-5-3-2-4-6-21)31-32-28(25)18-29(26)36/h7-8,16-18,21,36H,2-6,9-15,19-20H2,1H3,(H,31,32). The minimum Gasteiger partial charge on any atom is -0.507 e. The van der Waals surface area contributed by atoms with E-state index in [9.17, 15) is 9.90 Å². The molecular formula is C30H39N5O3. The van der Waals surface area contributed by atoms with Gasteiger partial charge in [-0.2, -0.15) is 5.10 Å². The number of hydrogen-bond acceptors (Lipinski definition) is 6. The SMILES string of the molecule is CN1CCN(CCOc2ccc3c(c2)CN(C(=O)c2cc4c(CC5CCCCC5)[nH]nc4cc2O)C3)CC1. The predicted octanol–water partition coefficient (Wildman–Crippen LogP) is 4.17. The number of ether oxygens (including phenoxy) is 1.